The van der Waals surface area contributed by atoms with Crippen molar-refractivity contribution in [1.82, 2.24) is 5.32 Å². The fourth-order valence-electron chi connectivity index (χ4n) is 2.03. The zero-order valence-corrected chi connectivity index (χ0v) is 12.9. The lowest BCUT2D eigenvalue weighted by Crippen LogP contribution is -2.29. The average Bonchev–Trinajstić information content (AvgIpc) is 2.52. The summed E-state index contributed by atoms with van der Waals surface area (Å²) in [5.41, 5.74) is 3.06. The monoisotopic (exact) mass is 300 g/mol. The molecule has 0 saturated carbocycles. The van der Waals surface area contributed by atoms with Crippen molar-refractivity contribution < 1.29 is 9.18 Å². The Balaban J connectivity index is 1.76. The third kappa shape index (κ3) is 4.88. The van der Waals surface area contributed by atoms with Crippen molar-refractivity contribution in [2.75, 3.05) is 11.9 Å². The molecule has 4 heteroatoms. The van der Waals surface area contributed by atoms with Crippen molar-refractivity contribution in [2.45, 2.75) is 26.3 Å². The van der Waals surface area contributed by atoms with E-state index in [1.807, 2.05) is 12.1 Å². The van der Waals surface area contributed by atoms with Gasteiger partial charge >= 0.3 is 0 Å². The molecule has 3 nitrogen and oxygen atoms in total. The molecule has 0 aliphatic rings. The van der Waals surface area contributed by atoms with Gasteiger partial charge in [-0.3, -0.25) is 4.79 Å². The maximum atomic E-state index is 12.8. The summed E-state index contributed by atoms with van der Waals surface area (Å²) in [7, 11) is 0. The smallest absolute Gasteiger partial charge is 0.239 e. The van der Waals surface area contributed by atoms with Gasteiger partial charge in [-0.2, -0.15) is 0 Å². The Bertz CT molecular complexity index is 606. The Labute approximate surface area is 130 Å². The lowest BCUT2D eigenvalue weighted by Gasteiger charge is -2.10. The molecule has 2 aromatic carbocycles. The quantitative estimate of drug-likeness (QED) is 0.854. The number of carbonyl (C=O) groups is 1. The predicted octanol–water partition coefficient (Wildman–Crippen LogP) is 3.68. The van der Waals surface area contributed by atoms with Gasteiger partial charge in [0.25, 0.3) is 0 Å². The highest BCUT2D eigenvalue weighted by molar-refractivity contribution is 5.80. The van der Waals surface area contributed by atoms with Crippen LogP contribution < -0.4 is 10.6 Å². The Kier molecular flexibility index (Phi) is 5.53. The first-order valence-corrected chi connectivity index (χ1v) is 7.39. The summed E-state index contributed by atoms with van der Waals surface area (Å²) >= 11 is 0. The molecule has 0 heterocycles. The number of hydrogen-bond acceptors (Lipinski definition) is 2. The summed E-state index contributed by atoms with van der Waals surface area (Å²) in [5, 5.41) is 5.88. The van der Waals surface area contributed by atoms with Gasteiger partial charge in [0.15, 0.2) is 0 Å². The highest BCUT2D eigenvalue weighted by atomic mass is 19.1. The van der Waals surface area contributed by atoms with Crippen molar-refractivity contribution in [3.63, 3.8) is 0 Å². The van der Waals surface area contributed by atoms with Gasteiger partial charge in [0.2, 0.25) is 5.91 Å². The van der Waals surface area contributed by atoms with Crippen LogP contribution in [0.25, 0.3) is 0 Å². The Morgan fingerprint density at radius 3 is 2.27 bits per heavy atom. The van der Waals surface area contributed by atoms with Crippen LogP contribution in [0.2, 0.25) is 0 Å². The normalized spacial score (nSPS) is 10.5. The second-order valence-electron chi connectivity index (χ2n) is 5.53. The molecule has 0 radical (unpaired) electrons. The van der Waals surface area contributed by atoms with Crippen LogP contribution in [-0.2, 0) is 11.3 Å². The van der Waals surface area contributed by atoms with Gasteiger partial charge in [-0.15, -0.1) is 0 Å². The summed E-state index contributed by atoms with van der Waals surface area (Å²) in [6.07, 6.45) is 0. The highest BCUT2D eigenvalue weighted by Crippen LogP contribution is 2.16. The largest absolute Gasteiger partial charge is 0.376 e. The molecule has 0 unspecified atom stereocenters. The maximum absolute atomic E-state index is 12.8. The number of carbonyl (C=O) groups excluding carboxylic acids is 1. The van der Waals surface area contributed by atoms with Crippen molar-refractivity contribution in [2.24, 2.45) is 0 Å². The van der Waals surface area contributed by atoms with Crippen LogP contribution in [0.1, 0.15) is 30.9 Å². The SMILES string of the molecule is CC(C)c1ccc(NCC(=O)NCc2ccc(F)cc2)cc1. The van der Waals surface area contributed by atoms with Crippen LogP contribution in [0, 0.1) is 5.82 Å². The van der Waals surface area contributed by atoms with Gasteiger partial charge in [0.05, 0.1) is 6.54 Å². The van der Waals surface area contributed by atoms with Crippen LogP contribution in [0.3, 0.4) is 0 Å². The lowest BCUT2D eigenvalue weighted by molar-refractivity contribution is -0.119. The molecule has 2 aromatic rings. The van der Waals surface area contributed by atoms with Gasteiger partial charge in [-0.1, -0.05) is 38.1 Å². The van der Waals surface area contributed by atoms with Crippen molar-refractivity contribution in [1.29, 1.82) is 0 Å². The standard InChI is InChI=1S/C18H21FN2O/c1-13(2)15-5-9-17(10-6-15)20-12-18(22)21-11-14-3-7-16(19)8-4-14/h3-10,13,20H,11-12H2,1-2H3,(H,21,22). The van der Waals surface area contributed by atoms with E-state index in [1.165, 1.54) is 17.7 Å². The van der Waals surface area contributed by atoms with E-state index in [1.54, 1.807) is 12.1 Å². The highest BCUT2D eigenvalue weighted by Gasteiger charge is 2.03. The molecular formula is C18H21FN2O. The fraction of sp³-hybridized carbons (Fsp3) is 0.278. The minimum atomic E-state index is -0.276. The second kappa shape index (κ2) is 7.59. The number of hydrogen-bond donors (Lipinski definition) is 2. The van der Waals surface area contributed by atoms with E-state index in [2.05, 4.69) is 36.6 Å². The van der Waals surface area contributed by atoms with Crippen molar-refractivity contribution in [3.8, 4) is 0 Å². The van der Waals surface area contributed by atoms with Crippen molar-refractivity contribution >= 4 is 11.6 Å². The lowest BCUT2D eigenvalue weighted by atomic mass is 10.0. The molecule has 0 atom stereocenters. The molecule has 22 heavy (non-hydrogen) atoms. The fourth-order valence-corrected chi connectivity index (χ4v) is 2.03. The van der Waals surface area contributed by atoms with Crippen LogP contribution in [0.5, 0.6) is 0 Å². The molecule has 0 aliphatic carbocycles. The topological polar surface area (TPSA) is 41.1 Å². The summed E-state index contributed by atoms with van der Waals surface area (Å²) in [5.74, 6) is 0.118. The van der Waals surface area contributed by atoms with Gasteiger partial charge in [0.1, 0.15) is 5.82 Å². The van der Waals surface area contributed by atoms with Crippen molar-refractivity contribution in [3.05, 3.63) is 65.5 Å². The first-order chi connectivity index (χ1) is 10.5. The number of nitrogens with one attached hydrogen (secondary N) is 2. The Hall–Kier alpha value is -2.36. The molecule has 0 fully saturated rings. The number of amides is 1. The van der Waals surface area contributed by atoms with Crippen LogP contribution in [-0.4, -0.2) is 12.5 Å². The summed E-state index contributed by atoms with van der Waals surface area (Å²) in [4.78, 5) is 11.8. The number of halogens is 1. The number of anilines is 1. The average molecular weight is 300 g/mol. The first-order valence-electron chi connectivity index (χ1n) is 7.39. The zero-order valence-electron chi connectivity index (χ0n) is 12.9. The summed E-state index contributed by atoms with van der Waals surface area (Å²) < 4.78 is 12.8. The molecule has 0 spiro atoms. The van der Waals surface area contributed by atoms with Gasteiger partial charge in [-0.25, -0.2) is 4.39 Å². The first kappa shape index (κ1) is 16.0. The predicted molar refractivity (Wildman–Crippen MR) is 87.3 cm³/mol. The molecule has 0 bridgehead atoms. The molecule has 1 amide bonds. The minimum absolute atomic E-state index is 0.0998. The summed E-state index contributed by atoms with van der Waals surface area (Å²) in [6, 6.07) is 14.2. The zero-order chi connectivity index (χ0) is 15.9. The van der Waals surface area contributed by atoms with Gasteiger partial charge in [-0.05, 0) is 41.3 Å². The van der Waals surface area contributed by atoms with E-state index in [9.17, 15) is 9.18 Å². The van der Waals surface area contributed by atoms with Gasteiger partial charge in [0, 0.05) is 12.2 Å². The third-order valence-electron chi connectivity index (χ3n) is 3.43. The maximum Gasteiger partial charge on any atom is 0.239 e. The van der Waals surface area contributed by atoms with E-state index >= 15 is 0 Å². The van der Waals surface area contributed by atoms with E-state index in [0.29, 0.717) is 12.5 Å². The number of rotatable bonds is 6. The van der Waals surface area contributed by atoms with E-state index in [-0.39, 0.29) is 18.3 Å². The molecule has 2 rings (SSSR count). The minimum Gasteiger partial charge on any atom is -0.376 e. The van der Waals surface area contributed by atoms with Gasteiger partial charge < -0.3 is 10.6 Å². The van der Waals surface area contributed by atoms with Crippen LogP contribution in [0.15, 0.2) is 48.5 Å². The molecular weight excluding hydrogens is 279 g/mol. The van der Waals surface area contributed by atoms with Crippen LogP contribution >= 0.6 is 0 Å². The molecule has 2 N–H and O–H groups in total. The number of benzene rings is 2. The van der Waals surface area contributed by atoms with E-state index in [0.717, 1.165) is 11.3 Å². The molecule has 0 saturated heterocycles. The van der Waals surface area contributed by atoms with E-state index in [4.69, 9.17) is 0 Å². The second-order valence-corrected chi connectivity index (χ2v) is 5.53. The van der Waals surface area contributed by atoms with Crippen LogP contribution in [0.4, 0.5) is 10.1 Å². The molecule has 0 aromatic heterocycles. The third-order valence-corrected chi connectivity index (χ3v) is 3.43. The Morgan fingerprint density at radius 1 is 1.05 bits per heavy atom. The summed E-state index contributed by atoms with van der Waals surface area (Å²) in [6.45, 7) is 4.89. The molecule has 0 aliphatic heterocycles. The van der Waals surface area contributed by atoms with E-state index < -0.39 is 0 Å². The Morgan fingerprint density at radius 2 is 1.68 bits per heavy atom. The molecule has 116 valence electrons.